The summed E-state index contributed by atoms with van der Waals surface area (Å²) in [7, 11) is 0. The molecule has 0 fully saturated rings. The molecule has 0 radical (unpaired) electrons. The van der Waals surface area contributed by atoms with Crippen LogP contribution in [0.3, 0.4) is 0 Å². The summed E-state index contributed by atoms with van der Waals surface area (Å²) in [6.07, 6.45) is 5.03. The SMILES string of the molecule is CCC(=Cc1cnc(Br)cn1)C(=O)O. The van der Waals surface area contributed by atoms with Crippen LogP contribution in [0.4, 0.5) is 0 Å². The number of carboxylic acid groups (broad SMARTS) is 1. The van der Waals surface area contributed by atoms with Crippen LogP contribution < -0.4 is 0 Å². The average molecular weight is 257 g/mol. The monoisotopic (exact) mass is 256 g/mol. The maximum atomic E-state index is 10.7. The van der Waals surface area contributed by atoms with Crippen molar-refractivity contribution in [2.24, 2.45) is 0 Å². The van der Waals surface area contributed by atoms with E-state index in [-0.39, 0.29) is 0 Å². The van der Waals surface area contributed by atoms with Crippen molar-refractivity contribution >= 4 is 28.0 Å². The maximum Gasteiger partial charge on any atom is 0.331 e. The van der Waals surface area contributed by atoms with Crippen molar-refractivity contribution in [2.45, 2.75) is 13.3 Å². The molecule has 0 unspecified atom stereocenters. The van der Waals surface area contributed by atoms with E-state index in [4.69, 9.17) is 5.11 Å². The Kier molecular flexibility index (Phi) is 3.76. The van der Waals surface area contributed by atoms with E-state index in [0.717, 1.165) is 0 Å². The molecule has 0 aliphatic heterocycles. The first-order valence-electron chi connectivity index (χ1n) is 4.05. The van der Waals surface area contributed by atoms with Crippen molar-refractivity contribution in [3.8, 4) is 0 Å². The van der Waals surface area contributed by atoms with Crippen molar-refractivity contribution in [3.63, 3.8) is 0 Å². The van der Waals surface area contributed by atoms with Crippen molar-refractivity contribution in [3.05, 3.63) is 28.3 Å². The quantitative estimate of drug-likeness (QED) is 0.842. The van der Waals surface area contributed by atoms with Gasteiger partial charge in [-0.1, -0.05) is 6.92 Å². The van der Waals surface area contributed by atoms with Gasteiger partial charge < -0.3 is 5.11 Å². The zero-order valence-corrected chi connectivity index (χ0v) is 9.15. The van der Waals surface area contributed by atoms with Crippen LogP contribution in [0.5, 0.6) is 0 Å². The lowest BCUT2D eigenvalue weighted by molar-refractivity contribution is -0.132. The number of carbonyl (C=O) groups is 1. The number of nitrogens with zero attached hydrogens (tertiary/aromatic N) is 2. The molecule has 4 nitrogen and oxygen atoms in total. The predicted octanol–water partition coefficient (Wildman–Crippen LogP) is 2.12. The van der Waals surface area contributed by atoms with Gasteiger partial charge in [-0.2, -0.15) is 0 Å². The highest BCUT2D eigenvalue weighted by Gasteiger charge is 2.04. The van der Waals surface area contributed by atoms with Crippen LogP contribution in [0.2, 0.25) is 0 Å². The molecule has 14 heavy (non-hydrogen) atoms. The average Bonchev–Trinajstić information content (AvgIpc) is 2.16. The zero-order valence-electron chi connectivity index (χ0n) is 7.57. The summed E-state index contributed by atoms with van der Waals surface area (Å²) in [5.74, 6) is -0.919. The summed E-state index contributed by atoms with van der Waals surface area (Å²) in [5, 5.41) is 8.76. The molecular formula is C9H9BrN2O2. The second-order valence-electron chi connectivity index (χ2n) is 2.59. The Morgan fingerprint density at radius 2 is 2.29 bits per heavy atom. The fraction of sp³-hybridized carbons (Fsp3) is 0.222. The number of halogens is 1. The number of aliphatic carboxylic acids is 1. The fourth-order valence-corrected chi connectivity index (χ4v) is 1.10. The Morgan fingerprint density at radius 1 is 1.57 bits per heavy atom. The lowest BCUT2D eigenvalue weighted by Crippen LogP contribution is -1.99. The van der Waals surface area contributed by atoms with E-state index in [2.05, 4.69) is 25.9 Å². The van der Waals surface area contributed by atoms with E-state index >= 15 is 0 Å². The van der Waals surface area contributed by atoms with Crippen molar-refractivity contribution < 1.29 is 9.90 Å². The predicted molar refractivity (Wildman–Crippen MR) is 55.6 cm³/mol. The van der Waals surface area contributed by atoms with Gasteiger partial charge in [0.05, 0.1) is 18.1 Å². The highest BCUT2D eigenvalue weighted by Crippen LogP contribution is 2.09. The Bertz CT molecular complexity index is 360. The topological polar surface area (TPSA) is 63.1 Å². The highest BCUT2D eigenvalue weighted by atomic mass is 79.9. The first-order chi connectivity index (χ1) is 6.63. The van der Waals surface area contributed by atoms with Gasteiger partial charge in [-0.3, -0.25) is 4.98 Å². The Labute approximate surface area is 89.8 Å². The van der Waals surface area contributed by atoms with Gasteiger partial charge in [0.25, 0.3) is 0 Å². The molecule has 0 atom stereocenters. The third-order valence-electron chi connectivity index (χ3n) is 1.62. The molecule has 1 rings (SSSR count). The van der Waals surface area contributed by atoms with Crippen LogP contribution in [0.25, 0.3) is 6.08 Å². The molecule has 0 amide bonds. The number of hydrogen-bond donors (Lipinski definition) is 1. The number of aromatic nitrogens is 2. The fourth-order valence-electron chi connectivity index (χ4n) is 0.890. The van der Waals surface area contributed by atoms with Crippen LogP contribution in [-0.2, 0) is 4.79 Å². The molecule has 0 aromatic carbocycles. The summed E-state index contributed by atoms with van der Waals surface area (Å²) in [5.41, 5.74) is 0.870. The second-order valence-corrected chi connectivity index (χ2v) is 3.40. The van der Waals surface area contributed by atoms with E-state index in [1.807, 2.05) is 0 Å². The van der Waals surface area contributed by atoms with Crippen molar-refractivity contribution in [1.29, 1.82) is 0 Å². The van der Waals surface area contributed by atoms with Crippen molar-refractivity contribution in [1.82, 2.24) is 9.97 Å². The summed E-state index contributed by atoms with van der Waals surface area (Å²) >= 11 is 3.15. The van der Waals surface area contributed by atoms with E-state index in [0.29, 0.717) is 22.3 Å². The number of hydrogen-bond acceptors (Lipinski definition) is 3. The molecule has 1 N–H and O–H groups in total. The van der Waals surface area contributed by atoms with Gasteiger partial charge in [-0.05, 0) is 28.4 Å². The minimum Gasteiger partial charge on any atom is -0.478 e. The van der Waals surface area contributed by atoms with Crippen LogP contribution in [-0.4, -0.2) is 21.0 Å². The molecule has 0 spiro atoms. The maximum absolute atomic E-state index is 10.7. The molecule has 0 saturated heterocycles. The van der Waals surface area contributed by atoms with E-state index in [1.54, 1.807) is 6.92 Å². The molecule has 74 valence electrons. The van der Waals surface area contributed by atoms with Gasteiger partial charge in [-0.15, -0.1) is 0 Å². The third-order valence-corrected chi connectivity index (χ3v) is 2.03. The van der Waals surface area contributed by atoms with Crippen LogP contribution in [0, 0.1) is 0 Å². The molecule has 5 heteroatoms. The largest absolute Gasteiger partial charge is 0.478 e. The normalized spacial score (nSPS) is 11.4. The molecule has 0 bridgehead atoms. The Hall–Kier alpha value is -1.23. The molecule has 0 saturated carbocycles. The minimum atomic E-state index is -0.919. The Balaban J connectivity index is 2.95. The second kappa shape index (κ2) is 4.85. The summed E-state index contributed by atoms with van der Waals surface area (Å²) < 4.78 is 0.628. The molecular weight excluding hydrogens is 248 g/mol. The lowest BCUT2D eigenvalue weighted by Gasteiger charge is -1.97. The van der Waals surface area contributed by atoms with Crippen LogP contribution >= 0.6 is 15.9 Å². The summed E-state index contributed by atoms with van der Waals surface area (Å²) in [6.45, 7) is 1.78. The van der Waals surface area contributed by atoms with Crippen LogP contribution in [0.1, 0.15) is 19.0 Å². The Morgan fingerprint density at radius 3 is 2.71 bits per heavy atom. The molecule has 1 aromatic rings. The smallest absolute Gasteiger partial charge is 0.331 e. The summed E-state index contributed by atoms with van der Waals surface area (Å²) in [4.78, 5) is 18.6. The van der Waals surface area contributed by atoms with Gasteiger partial charge in [0.2, 0.25) is 0 Å². The standard InChI is InChI=1S/C9H9BrN2O2/c1-2-6(9(13)14)3-7-4-12-8(10)5-11-7/h3-5H,2H2,1H3,(H,13,14). The van der Waals surface area contributed by atoms with E-state index < -0.39 is 5.97 Å². The first-order valence-corrected chi connectivity index (χ1v) is 4.84. The molecule has 0 aliphatic carbocycles. The molecule has 1 heterocycles. The minimum absolute atomic E-state index is 0.321. The lowest BCUT2D eigenvalue weighted by atomic mass is 10.2. The van der Waals surface area contributed by atoms with E-state index in [1.165, 1.54) is 18.5 Å². The number of carboxylic acids is 1. The zero-order chi connectivity index (χ0) is 10.6. The summed E-state index contributed by atoms with van der Waals surface area (Å²) in [6, 6.07) is 0. The molecule has 0 aliphatic rings. The van der Waals surface area contributed by atoms with Gasteiger partial charge in [0.15, 0.2) is 0 Å². The van der Waals surface area contributed by atoms with Crippen LogP contribution in [0.15, 0.2) is 22.6 Å². The van der Waals surface area contributed by atoms with Gasteiger partial charge in [0.1, 0.15) is 4.60 Å². The third kappa shape index (κ3) is 2.92. The highest BCUT2D eigenvalue weighted by molar-refractivity contribution is 9.10. The van der Waals surface area contributed by atoms with Gasteiger partial charge in [0, 0.05) is 5.57 Å². The van der Waals surface area contributed by atoms with Gasteiger partial charge in [-0.25, -0.2) is 9.78 Å². The van der Waals surface area contributed by atoms with Crippen molar-refractivity contribution in [2.75, 3.05) is 0 Å². The van der Waals surface area contributed by atoms with Gasteiger partial charge >= 0.3 is 5.97 Å². The van der Waals surface area contributed by atoms with E-state index in [9.17, 15) is 4.79 Å². The molecule has 1 aromatic heterocycles. The first kappa shape index (κ1) is 10.8. The number of rotatable bonds is 3.